The average molecular weight is 339 g/mol. The quantitative estimate of drug-likeness (QED) is 0.716. The van der Waals surface area contributed by atoms with Crippen molar-refractivity contribution in [3.8, 4) is 17.0 Å². The summed E-state index contributed by atoms with van der Waals surface area (Å²) in [4.78, 5) is 5.23. The van der Waals surface area contributed by atoms with Gasteiger partial charge in [-0.2, -0.15) is 0 Å². The third-order valence-corrected chi connectivity index (χ3v) is 3.85. The molecule has 0 saturated heterocycles. The molecule has 0 unspecified atom stereocenters. The zero-order valence-electron chi connectivity index (χ0n) is 14.1. The molecule has 2 heterocycles. The van der Waals surface area contributed by atoms with Crippen molar-refractivity contribution in [2.24, 2.45) is 5.73 Å². The second-order valence-electron chi connectivity index (χ2n) is 6.18. The van der Waals surface area contributed by atoms with Gasteiger partial charge in [-0.15, -0.1) is 0 Å². The van der Waals surface area contributed by atoms with Gasteiger partial charge in [0.25, 0.3) is 0 Å². The third kappa shape index (κ3) is 3.41. The number of imidazole rings is 1. The molecule has 0 fully saturated rings. The number of hydrogen-bond donors (Lipinski definition) is 1. The molecule has 0 radical (unpaired) electrons. The Morgan fingerprint density at radius 2 is 1.92 bits per heavy atom. The average Bonchev–Trinajstić information content (AvgIpc) is 2.85. The lowest BCUT2D eigenvalue weighted by atomic mass is 10.1. The smallest absolute Gasteiger partial charge is 0.137 e. The van der Waals surface area contributed by atoms with Crippen LogP contribution >= 0.6 is 12.2 Å². The van der Waals surface area contributed by atoms with Crippen LogP contribution in [0.5, 0.6) is 5.75 Å². The number of ether oxygens (including phenoxy) is 1. The lowest BCUT2D eigenvalue weighted by Gasteiger charge is -2.10. The Hall–Kier alpha value is -2.40. The van der Waals surface area contributed by atoms with E-state index in [1.165, 1.54) is 0 Å². The standard InChI is InChI=1S/C19H21N3OS/c1-12(2)23-15-7-5-14(6-8-15)19-16(10-17(20)24)22-11-13(3)4-9-18(22)21-19/h4-9,11-12H,10H2,1-3H3,(H2,20,24). The van der Waals surface area contributed by atoms with E-state index in [1.807, 2.05) is 44.2 Å². The zero-order valence-corrected chi connectivity index (χ0v) is 14.9. The van der Waals surface area contributed by atoms with E-state index < -0.39 is 0 Å². The number of fused-ring (bicyclic) bond motifs is 1. The van der Waals surface area contributed by atoms with Crippen molar-refractivity contribution < 1.29 is 4.74 Å². The van der Waals surface area contributed by atoms with Crippen molar-refractivity contribution in [2.45, 2.75) is 33.3 Å². The first kappa shape index (κ1) is 16.5. The van der Waals surface area contributed by atoms with Crippen LogP contribution in [-0.4, -0.2) is 20.5 Å². The van der Waals surface area contributed by atoms with Gasteiger partial charge >= 0.3 is 0 Å². The van der Waals surface area contributed by atoms with Crippen molar-refractivity contribution in [3.63, 3.8) is 0 Å². The van der Waals surface area contributed by atoms with Crippen LogP contribution in [0.4, 0.5) is 0 Å². The van der Waals surface area contributed by atoms with Gasteiger partial charge in [-0.3, -0.25) is 0 Å². The second kappa shape index (κ2) is 6.61. The molecular formula is C19H21N3OS. The minimum atomic E-state index is 0.152. The molecule has 1 aromatic carbocycles. The Balaban J connectivity index is 2.09. The molecule has 2 aromatic heterocycles. The van der Waals surface area contributed by atoms with Crippen molar-refractivity contribution in [2.75, 3.05) is 0 Å². The van der Waals surface area contributed by atoms with Gasteiger partial charge in [0.1, 0.15) is 11.4 Å². The topological polar surface area (TPSA) is 52.5 Å². The molecule has 0 aliphatic rings. The van der Waals surface area contributed by atoms with Crippen LogP contribution in [0.3, 0.4) is 0 Å². The predicted molar refractivity (Wildman–Crippen MR) is 102 cm³/mol. The molecule has 4 nitrogen and oxygen atoms in total. The third-order valence-electron chi connectivity index (χ3n) is 3.71. The van der Waals surface area contributed by atoms with Gasteiger partial charge in [0, 0.05) is 18.2 Å². The Labute approximate surface area is 147 Å². The predicted octanol–water partition coefficient (Wildman–Crippen LogP) is 3.93. The van der Waals surface area contributed by atoms with E-state index in [2.05, 4.69) is 23.6 Å². The Morgan fingerprint density at radius 1 is 1.21 bits per heavy atom. The highest BCUT2D eigenvalue weighted by molar-refractivity contribution is 7.80. The van der Waals surface area contributed by atoms with Gasteiger partial charge in [-0.25, -0.2) is 4.98 Å². The lowest BCUT2D eigenvalue weighted by Crippen LogP contribution is -2.13. The maximum Gasteiger partial charge on any atom is 0.137 e. The number of rotatable bonds is 5. The molecule has 0 amide bonds. The molecule has 124 valence electrons. The molecular weight excluding hydrogens is 318 g/mol. The molecule has 0 aliphatic carbocycles. The number of thiocarbonyl (C=S) groups is 1. The number of nitrogens with two attached hydrogens (primary N) is 1. The fourth-order valence-corrected chi connectivity index (χ4v) is 2.86. The van der Waals surface area contributed by atoms with Crippen LogP contribution < -0.4 is 10.5 Å². The van der Waals surface area contributed by atoms with E-state index in [4.69, 9.17) is 27.7 Å². The summed E-state index contributed by atoms with van der Waals surface area (Å²) >= 11 is 5.13. The summed E-state index contributed by atoms with van der Waals surface area (Å²) in [5.74, 6) is 0.851. The molecule has 0 saturated carbocycles. The van der Waals surface area contributed by atoms with Gasteiger partial charge in [0.2, 0.25) is 0 Å². The lowest BCUT2D eigenvalue weighted by molar-refractivity contribution is 0.242. The van der Waals surface area contributed by atoms with Gasteiger partial charge in [0.05, 0.1) is 22.5 Å². The normalized spacial score (nSPS) is 11.2. The van der Waals surface area contributed by atoms with Crippen molar-refractivity contribution in [1.82, 2.24) is 9.38 Å². The van der Waals surface area contributed by atoms with E-state index in [0.29, 0.717) is 11.4 Å². The molecule has 3 rings (SSSR count). The van der Waals surface area contributed by atoms with Crippen LogP contribution in [0.2, 0.25) is 0 Å². The van der Waals surface area contributed by atoms with Crippen molar-refractivity contribution in [3.05, 3.63) is 53.9 Å². The molecule has 3 aromatic rings. The molecule has 0 atom stereocenters. The first-order chi connectivity index (χ1) is 11.4. The summed E-state index contributed by atoms with van der Waals surface area (Å²) in [6.07, 6.45) is 2.73. The fraction of sp³-hybridized carbons (Fsp3) is 0.263. The zero-order chi connectivity index (χ0) is 17.3. The van der Waals surface area contributed by atoms with Crippen LogP contribution in [0.15, 0.2) is 42.6 Å². The summed E-state index contributed by atoms with van der Waals surface area (Å²) in [5, 5.41) is 0. The van der Waals surface area contributed by atoms with Gasteiger partial charge in [-0.1, -0.05) is 18.3 Å². The number of hydrogen-bond acceptors (Lipinski definition) is 3. The first-order valence-electron chi connectivity index (χ1n) is 7.97. The Bertz CT molecular complexity index is 882. The Kier molecular flexibility index (Phi) is 4.53. The van der Waals surface area contributed by atoms with E-state index in [0.717, 1.165) is 33.9 Å². The molecule has 2 N–H and O–H groups in total. The molecule has 24 heavy (non-hydrogen) atoms. The summed E-state index contributed by atoms with van der Waals surface area (Å²) in [5.41, 5.74) is 10.8. The van der Waals surface area contributed by atoms with Crippen molar-refractivity contribution in [1.29, 1.82) is 0 Å². The van der Waals surface area contributed by atoms with Crippen LogP contribution in [0, 0.1) is 6.92 Å². The molecule has 0 spiro atoms. The number of aryl methyl sites for hydroxylation is 1. The van der Waals surface area contributed by atoms with E-state index in [-0.39, 0.29) is 6.10 Å². The van der Waals surface area contributed by atoms with E-state index >= 15 is 0 Å². The fourth-order valence-electron chi connectivity index (χ4n) is 2.73. The maximum absolute atomic E-state index is 5.81. The van der Waals surface area contributed by atoms with Crippen molar-refractivity contribution >= 4 is 22.9 Å². The van der Waals surface area contributed by atoms with E-state index in [9.17, 15) is 0 Å². The summed E-state index contributed by atoms with van der Waals surface area (Å²) in [6.45, 7) is 6.08. The highest BCUT2D eigenvalue weighted by Gasteiger charge is 2.15. The molecule has 0 bridgehead atoms. The minimum absolute atomic E-state index is 0.152. The number of benzene rings is 1. The highest BCUT2D eigenvalue weighted by Crippen LogP contribution is 2.27. The largest absolute Gasteiger partial charge is 0.491 e. The summed E-state index contributed by atoms with van der Waals surface area (Å²) in [6, 6.07) is 12.0. The molecule has 5 heteroatoms. The summed E-state index contributed by atoms with van der Waals surface area (Å²) in [7, 11) is 0. The van der Waals surface area contributed by atoms with Crippen LogP contribution in [-0.2, 0) is 6.42 Å². The second-order valence-corrected chi connectivity index (χ2v) is 6.70. The monoisotopic (exact) mass is 339 g/mol. The maximum atomic E-state index is 5.81. The van der Waals surface area contributed by atoms with Crippen LogP contribution in [0.1, 0.15) is 25.1 Å². The van der Waals surface area contributed by atoms with Gasteiger partial charge in [0.15, 0.2) is 0 Å². The van der Waals surface area contributed by atoms with Crippen LogP contribution in [0.25, 0.3) is 16.9 Å². The number of pyridine rings is 1. The first-order valence-corrected chi connectivity index (χ1v) is 8.38. The van der Waals surface area contributed by atoms with Gasteiger partial charge < -0.3 is 14.9 Å². The highest BCUT2D eigenvalue weighted by atomic mass is 32.1. The Morgan fingerprint density at radius 3 is 2.54 bits per heavy atom. The molecule has 0 aliphatic heterocycles. The van der Waals surface area contributed by atoms with Gasteiger partial charge in [-0.05, 0) is 56.7 Å². The van der Waals surface area contributed by atoms with E-state index in [1.54, 1.807) is 0 Å². The minimum Gasteiger partial charge on any atom is -0.491 e. The SMILES string of the molecule is Cc1ccc2nc(-c3ccc(OC(C)C)cc3)c(CC(N)=S)n2c1. The number of aromatic nitrogens is 2. The number of nitrogens with zero attached hydrogens (tertiary/aromatic N) is 2. The summed E-state index contributed by atoms with van der Waals surface area (Å²) < 4.78 is 7.78.